The fourth-order valence-electron chi connectivity index (χ4n) is 2.10. The van der Waals surface area contributed by atoms with E-state index in [1.165, 1.54) is 0 Å². The fourth-order valence-corrected chi connectivity index (χ4v) is 2.10. The molecule has 0 aromatic heterocycles. The van der Waals surface area contributed by atoms with Gasteiger partial charge in [0.05, 0.1) is 0 Å². The summed E-state index contributed by atoms with van der Waals surface area (Å²) < 4.78 is 13.8. The summed E-state index contributed by atoms with van der Waals surface area (Å²) in [5, 5.41) is 3.47. The Hall–Kier alpha value is -0.890. The van der Waals surface area contributed by atoms with E-state index in [1.807, 2.05) is 12.1 Å². The number of nitrogens with one attached hydrogen (secondary N) is 1. The molecule has 102 valence electrons. The predicted molar refractivity (Wildman–Crippen MR) is 76.2 cm³/mol. The first-order valence-corrected chi connectivity index (χ1v) is 6.93. The van der Waals surface area contributed by atoms with Crippen LogP contribution in [0.15, 0.2) is 24.3 Å². The van der Waals surface area contributed by atoms with Crippen molar-refractivity contribution in [2.75, 3.05) is 13.1 Å². The first-order chi connectivity index (χ1) is 8.49. The Labute approximate surface area is 111 Å². The van der Waals surface area contributed by atoms with Crippen LogP contribution < -0.4 is 5.32 Å². The predicted octanol–water partition coefficient (Wildman–Crippen LogP) is 4.03. The summed E-state index contributed by atoms with van der Waals surface area (Å²) >= 11 is 0. The highest BCUT2D eigenvalue weighted by Gasteiger charge is 2.29. The van der Waals surface area contributed by atoms with Crippen LogP contribution in [0.3, 0.4) is 0 Å². The lowest BCUT2D eigenvalue weighted by atomic mass is 9.74. The highest BCUT2D eigenvalue weighted by atomic mass is 19.1. The van der Waals surface area contributed by atoms with Crippen LogP contribution in [0.25, 0.3) is 0 Å². The Bertz CT molecular complexity index is 362. The molecular formula is C16H26FN. The molecule has 0 heterocycles. The van der Waals surface area contributed by atoms with Gasteiger partial charge in [-0.05, 0) is 42.3 Å². The molecule has 2 heteroatoms. The molecule has 1 unspecified atom stereocenters. The highest BCUT2D eigenvalue weighted by molar-refractivity contribution is 5.19. The van der Waals surface area contributed by atoms with Crippen LogP contribution >= 0.6 is 0 Å². The van der Waals surface area contributed by atoms with E-state index in [0.717, 1.165) is 31.5 Å². The third kappa shape index (κ3) is 4.09. The quantitative estimate of drug-likeness (QED) is 0.721. The molecule has 0 saturated heterocycles. The molecule has 1 rings (SSSR count). The fraction of sp³-hybridized carbons (Fsp3) is 0.625. The molecule has 1 atom stereocenters. The molecule has 1 N–H and O–H groups in total. The van der Waals surface area contributed by atoms with Crippen molar-refractivity contribution in [1.82, 2.24) is 5.32 Å². The first kappa shape index (κ1) is 15.2. The minimum absolute atomic E-state index is 0.0835. The van der Waals surface area contributed by atoms with E-state index in [2.05, 4.69) is 33.0 Å². The van der Waals surface area contributed by atoms with Gasteiger partial charge in [-0.2, -0.15) is 0 Å². The second kappa shape index (κ2) is 6.89. The summed E-state index contributed by atoms with van der Waals surface area (Å²) in [6, 6.07) is 7.12. The number of benzene rings is 1. The van der Waals surface area contributed by atoms with E-state index in [0.29, 0.717) is 5.92 Å². The molecule has 18 heavy (non-hydrogen) atoms. The summed E-state index contributed by atoms with van der Waals surface area (Å²) in [6.07, 6.45) is 1.92. The molecule has 0 radical (unpaired) electrons. The number of hydrogen-bond acceptors (Lipinski definition) is 1. The molecule has 1 aromatic carbocycles. The molecule has 0 fully saturated rings. The van der Waals surface area contributed by atoms with Crippen LogP contribution in [0.5, 0.6) is 0 Å². The van der Waals surface area contributed by atoms with Gasteiger partial charge < -0.3 is 5.32 Å². The average molecular weight is 251 g/mol. The van der Waals surface area contributed by atoms with E-state index in [1.54, 1.807) is 12.1 Å². The van der Waals surface area contributed by atoms with Crippen LogP contribution in [0.4, 0.5) is 4.39 Å². The third-order valence-corrected chi connectivity index (χ3v) is 3.90. The van der Waals surface area contributed by atoms with Gasteiger partial charge in [0.25, 0.3) is 0 Å². The lowest BCUT2D eigenvalue weighted by molar-refractivity contribution is 0.205. The molecule has 0 saturated carbocycles. The molecule has 1 aromatic rings. The topological polar surface area (TPSA) is 12.0 Å². The van der Waals surface area contributed by atoms with Crippen molar-refractivity contribution in [3.63, 3.8) is 0 Å². The summed E-state index contributed by atoms with van der Waals surface area (Å²) in [6.45, 7) is 10.8. The van der Waals surface area contributed by atoms with Gasteiger partial charge in [0.2, 0.25) is 0 Å². The highest BCUT2D eigenvalue weighted by Crippen LogP contribution is 2.31. The van der Waals surface area contributed by atoms with Crippen LogP contribution in [-0.4, -0.2) is 13.1 Å². The Balaban J connectivity index is 2.76. The van der Waals surface area contributed by atoms with Crippen LogP contribution in [0.1, 0.15) is 39.7 Å². The Morgan fingerprint density at radius 1 is 1.28 bits per heavy atom. The maximum absolute atomic E-state index is 13.8. The zero-order valence-corrected chi connectivity index (χ0v) is 12.1. The zero-order valence-electron chi connectivity index (χ0n) is 12.1. The Morgan fingerprint density at radius 3 is 2.50 bits per heavy atom. The number of rotatable bonds is 7. The Morgan fingerprint density at radius 2 is 1.94 bits per heavy atom. The van der Waals surface area contributed by atoms with Crippen molar-refractivity contribution < 1.29 is 4.39 Å². The molecule has 0 aliphatic rings. The summed E-state index contributed by atoms with van der Waals surface area (Å²) in [4.78, 5) is 0. The average Bonchev–Trinajstić information content (AvgIpc) is 2.32. The maximum atomic E-state index is 13.8. The van der Waals surface area contributed by atoms with E-state index >= 15 is 0 Å². The molecule has 0 amide bonds. The van der Waals surface area contributed by atoms with E-state index in [4.69, 9.17) is 0 Å². The lowest BCUT2D eigenvalue weighted by Gasteiger charge is -2.34. The van der Waals surface area contributed by atoms with E-state index in [9.17, 15) is 4.39 Å². The SMILES string of the molecule is CCCNCC(C)(Cc1ccccc1F)C(C)C. The van der Waals surface area contributed by atoms with Gasteiger partial charge in [-0.25, -0.2) is 4.39 Å². The largest absolute Gasteiger partial charge is 0.316 e. The second-order valence-corrected chi connectivity index (χ2v) is 5.75. The van der Waals surface area contributed by atoms with Crippen LogP contribution in [0.2, 0.25) is 0 Å². The maximum Gasteiger partial charge on any atom is 0.126 e. The molecule has 0 spiro atoms. The number of halogens is 1. The smallest absolute Gasteiger partial charge is 0.126 e. The van der Waals surface area contributed by atoms with Crippen molar-refractivity contribution in [1.29, 1.82) is 0 Å². The van der Waals surface area contributed by atoms with E-state index < -0.39 is 0 Å². The van der Waals surface area contributed by atoms with Gasteiger partial charge in [0.1, 0.15) is 5.82 Å². The molecule has 0 bridgehead atoms. The normalized spacial score (nSPS) is 14.8. The molecule has 0 aliphatic carbocycles. The van der Waals surface area contributed by atoms with Crippen molar-refractivity contribution in [2.24, 2.45) is 11.3 Å². The van der Waals surface area contributed by atoms with Crippen molar-refractivity contribution in [3.8, 4) is 0 Å². The van der Waals surface area contributed by atoms with Crippen LogP contribution in [0, 0.1) is 17.2 Å². The molecule has 0 aliphatic heterocycles. The first-order valence-electron chi connectivity index (χ1n) is 6.93. The van der Waals surface area contributed by atoms with Crippen molar-refractivity contribution in [3.05, 3.63) is 35.6 Å². The van der Waals surface area contributed by atoms with Crippen molar-refractivity contribution in [2.45, 2.75) is 40.5 Å². The van der Waals surface area contributed by atoms with Gasteiger partial charge in [0, 0.05) is 6.54 Å². The van der Waals surface area contributed by atoms with Gasteiger partial charge in [-0.3, -0.25) is 0 Å². The monoisotopic (exact) mass is 251 g/mol. The van der Waals surface area contributed by atoms with Gasteiger partial charge in [0.15, 0.2) is 0 Å². The minimum atomic E-state index is -0.0835. The van der Waals surface area contributed by atoms with E-state index in [-0.39, 0.29) is 11.2 Å². The standard InChI is InChI=1S/C16H26FN/c1-5-10-18-12-16(4,13(2)3)11-14-8-6-7-9-15(14)17/h6-9,13,18H,5,10-12H2,1-4H3. The Kier molecular flexibility index (Phi) is 5.80. The summed E-state index contributed by atoms with van der Waals surface area (Å²) in [5.74, 6) is 0.432. The van der Waals surface area contributed by atoms with Crippen LogP contribution in [-0.2, 0) is 6.42 Å². The van der Waals surface area contributed by atoms with Crippen molar-refractivity contribution >= 4 is 0 Å². The third-order valence-electron chi connectivity index (χ3n) is 3.90. The molecule has 1 nitrogen and oxygen atoms in total. The van der Waals surface area contributed by atoms with Gasteiger partial charge in [-0.1, -0.05) is 45.9 Å². The second-order valence-electron chi connectivity index (χ2n) is 5.75. The number of hydrogen-bond donors (Lipinski definition) is 1. The van der Waals surface area contributed by atoms with Gasteiger partial charge in [-0.15, -0.1) is 0 Å². The summed E-state index contributed by atoms with van der Waals surface area (Å²) in [7, 11) is 0. The summed E-state index contributed by atoms with van der Waals surface area (Å²) in [5.41, 5.74) is 0.921. The molecular weight excluding hydrogens is 225 g/mol. The zero-order chi connectivity index (χ0) is 13.6. The van der Waals surface area contributed by atoms with Gasteiger partial charge >= 0.3 is 0 Å². The lowest BCUT2D eigenvalue weighted by Crippen LogP contribution is -2.38. The minimum Gasteiger partial charge on any atom is -0.316 e.